The lowest BCUT2D eigenvalue weighted by Gasteiger charge is -2.15. The van der Waals surface area contributed by atoms with E-state index in [0.717, 1.165) is 0 Å². The van der Waals surface area contributed by atoms with Crippen LogP contribution in [0.1, 0.15) is 18.0 Å². The molecule has 0 unspecified atom stereocenters. The van der Waals surface area contributed by atoms with E-state index in [-0.39, 0.29) is 23.9 Å². The molecule has 0 aliphatic carbocycles. The zero-order chi connectivity index (χ0) is 12.3. The summed E-state index contributed by atoms with van der Waals surface area (Å²) in [4.78, 5) is 11.1. The van der Waals surface area contributed by atoms with Gasteiger partial charge in [0, 0.05) is 16.6 Å². The van der Waals surface area contributed by atoms with E-state index in [2.05, 4.69) is 4.74 Å². The topological polar surface area (TPSA) is 52.3 Å². The summed E-state index contributed by atoms with van der Waals surface area (Å²) in [5.74, 6) is -0.431. The second-order valence-electron chi connectivity index (χ2n) is 3.14. The first-order valence-corrected chi connectivity index (χ1v) is 5.56. The van der Waals surface area contributed by atoms with E-state index in [9.17, 15) is 4.79 Å². The summed E-state index contributed by atoms with van der Waals surface area (Å²) < 4.78 is 4.51. The Morgan fingerprint density at radius 3 is 2.41 bits per heavy atom. The Morgan fingerprint density at radius 1 is 1.35 bits per heavy atom. The van der Waals surface area contributed by atoms with Crippen LogP contribution in [0.3, 0.4) is 0 Å². The maximum atomic E-state index is 11.1. The normalized spacial score (nSPS) is 11.6. The first kappa shape index (κ1) is 16.8. The Bertz CT molecular complexity index is 412. The van der Waals surface area contributed by atoms with Crippen LogP contribution in [0.2, 0.25) is 15.1 Å². The molecule has 17 heavy (non-hydrogen) atoms. The summed E-state index contributed by atoms with van der Waals surface area (Å²) in [6.07, 6.45) is -0.00369. The summed E-state index contributed by atoms with van der Waals surface area (Å²) in [6, 6.07) is 2.52. The molecule has 0 fully saturated rings. The van der Waals surface area contributed by atoms with Crippen LogP contribution >= 0.6 is 47.2 Å². The quantitative estimate of drug-likeness (QED) is 0.684. The van der Waals surface area contributed by atoms with Crippen molar-refractivity contribution < 1.29 is 9.53 Å². The number of esters is 1. The molecular formula is C10H11Cl4NO2. The third kappa shape index (κ3) is 4.19. The van der Waals surface area contributed by atoms with E-state index in [0.29, 0.717) is 15.6 Å². The molecule has 0 heterocycles. The van der Waals surface area contributed by atoms with Crippen LogP contribution in [0.4, 0.5) is 0 Å². The van der Waals surface area contributed by atoms with Crippen LogP contribution in [-0.2, 0) is 9.53 Å². The fourth-order valence-corrected chi connectivity index (χ4v) is 2.06. The SMILES string of the molecule is COC(=O)C[C@H](N)c1c(Cl)ccc(Cl)c1Cl.Cl. The van der Waals surface area contributed by atoms with Crippen molar-refractivity contribution >= 4 is 53.2 Å². The predicted molar refractivity (Wildman–Crippen MR) is 72.3 cm³/mol. The van der Waals surface area contributed by atoms with Gasteiger partial charge in [-0.3, -0.25) is 4.79 Å². The lowest BCUT2D eigenvalue weighted by Crippen LogP contribution is -2.17. The number of nitrogens with two attached hydrogens (primary N) is 1. The monoisotopic (exact) mass is 317 g/mol. The van der Waals surface area contributed by atoms with Crippen molar-refractivity contribution in [2.24, 2.45) is 5.73 Å². The van der Waals surface area contributed by atoms with Crippen molar-refractivity contribution in [2.75, 3.05) is 7.11 Å². The van der Waals surface area contributed by atoms with Crippen LogP contribution in [0.5, 0.6) is 0 Å². The molecule has 7 heteroatoms. The number of halogens is 4. The summed E-state index contributed by atoms with van der Waals surface area (Å²) in [7, 11) is 1.29. The molecule has 0 saturated carbocycles. The molecular weight excluding hydrogens is 308 g/mol. The highest BCUT2D eigenvalue weighted by atomic mass is 35.5. The largest absolute Gasteiger partial charge is 0.469 e. The molecule has 0 aromatic heterocycles. The zero-order valence-electron chi connectivity index (χ0n) is 8.88. The first-order valence-electron chi connectivity index (χ1n) is 4.43. The van der Waals surface area contributed by atoms with Gasteiger partial charge in [-0.15, -0.1) is 12.4 Å². The van der Waals surface area contributed by atoms with Gasteiger partial charge < -0.3 is 10.5 Å². The molecule has 0 saturated heterocycles. The maximum Gasteiger partial charge on any atom is 0.307 e. The van der Waals surface area contributed by atoms with Gasteiger partial charge in [0.25, 0.3) is 0 Å². The molecule has 1 aromatic rings. The zero-order valence-corrected chi connectivity index (χ0v) is 12.0. The van der Waals surface area contributed by atoms with Crippen molar-refractivity contribution in [3.8, 4) is 0 Å². The number of benzene rings is 1. The van der Waals surface area contributed by atoms with Crippen molar-refractivity contribution in [1.82, 2.24) is 0 Å². The highest BCUT2D eigenvalue weighted by molar-refractivity contribution is 6.44. The van der Waals surface area contributed by atoms with Crippen LogP contribution < -0.4 is 5.73 Å². The fourth-order valence-electron chi connectivity index (χ4n) is 1.25. The van der Waals surface area contributed by atoms with E-state index >= 15 is 0 Å². The van der Waals surface area contributed by atoms with Crippen molar-refractivity contribution in [3.05, 3.63) is 32.8 Å². The molecule has 0 amide bonds. The number of methoxy groups -OCH3 is 1. The summed E-state index contributed by atoms with van der Waals surface area (Å²) in [5.41, 5.74) is 6.27. The predicted octanol–water partition coefficient (Wildman–Crippen LogP) is 3.63. The molecule has 1 atom stereocenters. The van der Waals surface area contributed by atoms with Crippen LogP contribution in [0, 0.1) is 0 Å². The van der Waals surface area contributed by atoms with E-state index in [4.69, 9.17) is 40.5 Å². The minimum Gasteiger partial charge on any atom is -0.469 e. The Hall–Kier alpha value is -0.190. The van der Waals surface area contributed by atoms with Crippen molar-refractivity contribution in [3.63, 3.8) is 0 Å². The van der Waals surface area contributed by atoms with Crippen LogP contribution in [-0.4, -0.2) is 13.1 Å². The Labute approximate surface area is 121 Å². The van der Waals surface area contributed by atoms with E-state index in [1.807, 2.05) is 0 Å². The average molecular weight is 319 g/mol. The second-order valence-corrected chi connectivity index (χ2v) is 4.34. The van der Waals surface area contributed by atoms with Gasteiger partial charge >= 0.3 is 5.97 Å². The van der Waals surface area contributed by atoms with Gasteiger partial charge in [-0.05, 0) is 12.1 Å². The second kappa shape index (κ2) is 7.29. The lowest BCUT2D eigenvalue weighted by molar-refractivity contribution is -0.141. The smallest absolute Gasteiger partial charge is 0.307 e. The minimum atomic E-state index is -0.633. The van der Waals surface area contributed by atoms with Gasteiger partial charge in [-0.25, -0.2) is 0 Å². The summed E-state index contributed by atoms with van der Waals surface area (Å²) in [6.45, 7) is 0. The van der Waals surface area contributed by atoms with Crippen LogP contribution in [0.25, 0.3) is 0 Å². The summed E-state index contributed by atoms with van der Waals surface area (Å²) in [5, 5.41) is 0.998. The number of hydrogen-bond acceptors (Lipinski definition) is 3. The maximum absolute atomic E-state index is 11.1. The van der Waals surface area contributed by atoms with Gasteiger partial charge in [0.05, 0.1) is 23.6 Å². The number of rotatable bonds is 3. The Balaban J connectivity index is 0.00000256. The van der Waals surface area contributed by atoms with Gasteiger partial charge in [0.2, 0.25) is 0 Å². The molecule has 0 aliphatic rings. The van der Waals surface area contributed by atoms with Gasteiger partial charge in [-0.2, -0.15) is 0 Å². The molecule has 1 rings (SSSR count). The third-order valence-corrected chi connectivity index (χ3v) is 3.21. The van der Waals surface area contributed by atoms with Gasteiger partial charge in [0.15, 0.2) is 0 Å². The Kier molecular flexibility index (Phi) is 7.21. The highest BCUT2D eigenvalue weighted by Crippen LogP contribution is 2.35. The van der Waals surface area contributed by atoms with Crippen molar-refractivity contribution in [2.45, 2.75) is 12.5 Å². The number of carbonyl (C=O) groups is 1. The van der Waals surface area contributed by atoms with Gasteiger partial charge in [0.1, 0.15) is 0 Å². The molecule has 0 aliphatic heterocycles. The average Bonchev–Trinajstić information content (AvgIpc) is 2.24. The molecule has 0 spiro atoms. The van der Waals surface area contributed by atoms with Gasteiger partial charge in [-0.1, -0.05) is 34.8 Å². The molecule has 96 valence electrons. The number of ether oxygens (including phenoxy) is 1. The van der Waals surface area contributed by atoms with E-state index < -0.39 is 12.0 Å². The van der Waals surface area contributed by atoms with E-state index in [1.165, 1.54) is 7.11 Å². The number of carbonyl (C=O) groups excluding carboxylic acids is 1. The standard InChI is InChI=1S/C10H10Cl3NO2.ClH/c1-16-8(15)4-7(14)9-5(11)2-3-6(12)10(9)13;/h2-3,7H,4,14H2,1H3;1H/t7-;/m0./s1. The van der Waals surface area contributed by atoms with E-state index in [1.54, 1.807) is 12.1 Å². The third-order valence-electron chi connectivity index (χ3n) is 2.06. The highest BCUT2D eigenvalue weighted by Gasteiger charge is 2.19. The molecule has 3 nitrogen and oxygen atoms in total. The lowest BCUT2D eigenvalue weighted by atomic mass is 10.0. The molecule has 1 aromatic carbocycles. The number of hydrogen-bond donors (Lipinski definition) is 1. The Morgan fingerprint density at radius 2 is 1.88 bits per heavy atom. The molecule has 0 bridgehead atoms. The summed E-state index contributed by atoms with van der Waals surface area (Å²) >= 11 is 17.8. The van der Waals surface area contributed by atoms with Crippen LogP contribution in [0.15, 0.2) is 12.1 Å². The molecule has 0 radical (unpaired) electrons. The minimum absolute atomic E-state index is 0. The fraction of sp³-hybridized carbons (Fsp3) is 0.300. The molecule has 2 N–H and O–H groups in total. The van der Waals surface area contributed by atoms with Crippen molar-refractivity contribution in [1.29, 1.82) is 0 Å². The first-order chi connectivity index (χ1) is 7.47.